The molecule has 0 bridgehead atoms. The van der Waals surface area contributed by atoms with E-state index < -0.39 is 24.0 Å². The molecule has 2 unspecified atom stereocenters. The maximum Gasteiger partial charge on any atom is 0.338 e. The summed E-state index contributed by atoms with van der Waals surface area (Å²) in [7, 11) is 1.28. The summed E-state index contributed by atoms with van der Waals surface area (Å²) in [6, 6.07) is 3.29. The van der Waals surface area contributed by atoms with Gasteiger partial charge in [0.25, 0.3) is 0 Å². The molecule has 1 aromatic heterocycles. The Morgan fingerprint density at radius 1 is 1.39 bits per heavy atom. The Balaban J connectivity index is 1.83. The van der Waals surface area contributed by atoms with Crippen LogP contribution in [0, 0.1) is 0 Å². The van der Waals surface area contributed by atoms with Crippen molar-refractivity contribution in [2.75, 3.05) is 33.4 Å². The van der Waals surface area contributed by atoms with Gasteiger partial charge in [-0.3, -0.25) is 14.7 Å². The van der Waals surface area contributed by atoms with Gasteiger partial charge in [0.05, 0.1) is 25.9 Å². The fourth-order valence-electron chi connectivity index (χ4n) is 3.73. The highest BCUT2D eigenvalue weighted by atomic mass is 35.5. The molecule has 12 heteroatoms. The number of carboxylic acids is 1. The fraction of sp³-hybridized carbons (Fsp3) is 0.333. The molecule has 1 saturated heterocycles. The van der Waals surface area contributed by atoms with Crippen molar-refractivity contribution >= 4 is 52.3 Å². The van der Waals surface area contributed by atoms with Gasteiger partial charge in [-0.2, -0.15) is 0 Å². The standard InChI is InChI=1S/C21H20Cl2N4O5S/c1-31-21(30)16-14(9-27-5-6-32-10-15(27)20(28)29)25-18(19-24-4-7-33-19)26-17(16)12-3-2-11(22)8-13(12)23/h2-4,7-8,15,17H,5-6,9-10H2,1H3,(H,25,26)(H,28,29). The van der Waals surface area contributed by atoms with Gasteiger partial charge in [0, 0.05) is 46.0 Å². The minimum absolute atomic E-state index is 0.0516. The van der Waals surface area contributed by atoms with E-state index in [2.05, 4.69) is 10.3 Å². The van der Waals surface area contributed by atoms with Gasteiger partial charge in [0.2, 0.25) is 0 Å². The minimum Gasteiger partial charge on any atom is -0.480 e. The zero-order valence-electron chi connectivity index (χ0n) is 17.5. The molecule has 2 aromatic rings. The topological polar surface area (TPSA) is 113 Å². The van der Waals surface area contributed by atoms with Crippen LogP contribution in [0.25, 0.3) is 0 Å². The van der Waals surface area contributed by atoms with Crippen molar-refractivity contribution in [3.05, 3.63) is 61.7 Å². The molecular formula is C21H20Cl2N4O5S. The zero-order valence-corrected chi connectivity index (χ0v) is 19.8. The largest absolute Gasteiger partial charge is 0.480 e. The number of aromatic nitrogens is 1. The van der Waals surface area contributed by atoms with Crippen molar-refractivity contribution < 1.29 is 24.2 Å². The molecule has 2 N–H and O–H groups in total. The number of amidine groups is 1. The third-order valence-electron chi connectivity index (χ3n) is 5.31. The summed E-state index contributed by atoms with van der Waals surface area (Å²) in [5, 5.41) is 16.0. The maximum absolute atomic E-state index is 13.0. The van der Waals surface area contributed by atoms with Crippen molar-refractivity contribution in [1.82, 2.24) is 15.2 Å². The Hall–Kier alpha value is -2.50. The van der Waals surface area contributed by atoms with E-state index in [4.69, 9.17) is 37.7 Å². The summed E-state index contributed by atoms with van der Waals surface area (Å²) < 4.78 is 10.4. The molecule has 33 heavy (non-hydrogen) atoms. The Morgan fingerprint density at radius 3 is 2.88 bits per heavy atom. The van der Waals surface area contributed by atoms with Crippen LogP contribution in [0.2, 0.25) is 10.0 Å². The van der Waals surface area contributed by atoms with E-state index in [-0.39, 0.29) is 18.7 Å². The van der Waals surface area contributed by atoms with Gasteiger partial charge in [-0.25, -0.2) is 9.78 Å². The third-order valence-corrected chi connectivity index (χ3v) is 6.65. The monoisotopic (exact) mass is 510 g/mol. The predicted molar refractivity (Wildman–Crippen MR) is 124 cm³/mol. The summed E-state index contributed by atoms with van der Waals surface area (Å²) in [4.78, 5) is 35.5. The van der Waals surface area contributed by atoms with E-state index in [0.717, 1.165) is 0 Å². The number of esters is 1. The number of carboxylic acid groups (broad SMARTS) is 1. The number of halogens is 2. The number of aliphatic imine (C=N–C) groups is 1. The summed E-state index contributed by atoms with van der Waals surface area (Å²) in [5.74, 6) is -1.16. The quantitative estimate of drug-likeness (QED) is 0.570. The molecule has 4 rings (SSSR count). The highest BCUT2D eigenvalue weighted by molar-refractivity contribution is 7.11. The smallest absolute Gasteiger partial charge is 0.338 e. The first-order valence-corrected chi connectivity index (χ1v) is 11.6. The Morgan fingerprint density at radius 2 is 2.21 bits per heavy atom. The van der Waals surface area contributed by atoms with E-state index in [9.17, 15) is 14.7 Å². The fourth-order valence-corrected chi connectivity index (χ4v) is 4.83. The van der Waals surface area contributed by atoms with E-state index in [0.29, 0.717) is 45.3 Å². The first-order chi connectivity index (χ1) is 15.9. The zero-order chi connectivity index (χ0) is 23.5. The molecule has 174 valence electrons. The first kappa shape index (κ1) is 23.7. The lowest BCUT2D eigenvalue weighted by Crippen LogP contribution is -2.52. The molecule has 0 spiro atoms. The number of rotatable bonds is 6. The lowest BCUT2D eigenvalue weighted by molar-refractivity contribution is -0.149. The number of nitrogens with one attached hydrogen (secondary N) is 1. The van der Waals surface area contributed by atoms with Crippen molar-refractivity contribution in [1.29, 1.82) is 0 Å². The molecule has 0 radical (unpaired) electrons. The number of ether oxygens (including phenoxy) is 2. The van der Waals surface area contributed by atoms with Crippen LogP contribution in [0.15, 0.2) is 46.0 Å². The number of aliphatic carboxylic acids is 1. The first-order valence-electron chi connectivity index (χ1n) is 9.94. The third kappa shape index (κ3) is 5.04. The molecule has 3 heterocycles. The second-order valence-corrected chi connectivity index (χ2v) is 9.03. The van der Waals surface area contributed by atoms with E-state index in [1.165, 1.54) is 18.4 Å². The summed E-state index contributed by atoms with van der Waals surface area (Å²) in [6.45, 7) is 0.948. The Bertz CT molecular complexity index is 1120. The number of thiazole rings is 1. The number of hydrogen-bond donors (Lipinski definition) is 2. The summed E-state index contributed by atoms with van der Waals surface area (Å²) in [5.41, 5.74) is 1.26. The maximum atomic E-state index is 13.0. The van der Waals surface area contributed by atoms with Crippen LogP contribution in [-0.4, -0.2) is 72.2 Å². The van der Waals surface area contributed by atoms with Crippen LogP contribution >= 0.6 is 34.5 Å². The van der Waals surface area contributed by atoms with Crippen LogP contribution in [0.5, 0.6) is 0 Å². The van der Waals surface area contributed by atoms with Crippen molar-refractivity contribution in [3.8, 4) is 0 Å². The lowest BCUT2D eigenvalue weighted by atomic mass is 9.95. The number of carbonyl (C=O) groups is 2. The second-order valence-electron chi connectivity index (χ2n) is 7.29. The Labute approximate surface area is 203 Å². The van der Waals surface area contributed by atoms with E-state index >= 15 is 0 Å². The van der Waals surface area contributed by atoms with Crippen LogP contribution in [0.4, 0.5) is 0 Å². The van der Waals surface area contributed by atoms with Crippen molar-refractivity contribution in [3.63, 3.8) is 0 Å². The number of methoxy groups -OCH3 is 1. The van der Waals surface area contributed by atoms with Gasteiger partial charge >= 0.3 is 11.9 Å². The normalized spacial score (nSPS) is 21.4. The van der Waals surface area contributed by atoms with Gasteiger partial charge in [0.15, 0.2) is 10.8 Å². The van der Waals surface area contributed by atoms with Crippen molar-refractivity contribution in [2.24, 2.45) is 4.99 Å². The average Bonchev–Trinajstić information content (AvgIpc) is 3.33. The number of nitrogens with zero attached hydrogens (tertiary/aromatic N) is 3. The number of hydrogen-bond acceptors (Lipinski definition) is 9. The molecule has 0 aliphatic carbocycles. The van der Waals surface area contributed by atoms with Crippen molar-refractivity contribution in [2.45, 2.75) is 12.1 Å². The molecule has 2 atom stereocenters. The molecule has 0 amide bonds. The van der Waals surface area contributed by atoms with Gasteiger partial charge in [-0.1, -0.05) is 29.3 Å². The van der Waals surface area contributed by atoms with Gasteiger partial charge in [0.1, 0.15) is 12.1 Å². The number of benzene rings is 1. The molecular weight excluding hydrogens is 491 g/mol. The lowest BCUT2D eigenvalue weighted by Gasteiger charge is -2.35. The van der Waals surface area contributed by atoms with Gasteiger partial charge in [-0.05, 0) is 12.1 Å². The average molecular weight is 511 g/mol. The highest BCUT2D eigenvalue weighted by Gasteiger charge is 2.37. The summed E-state index contributed by atoms with van der Waals surface area (Å²) >= 11 is 13.9. The van der Waals surface area contributed by atoms with Gasteiger partial charge in [-0.15, -0.1) is 11.3 Å². The summed E-state index contributed by atoms with van der Waals surface area (Å²) in [6.07, 6.45) is 1.65. The number of morpholine rings is 1. The van der Waals surface area contributed by atoms with Crippen LogP contribution < -0.4 is 5.32 Å². The highest BCUT2D eigenvalue weighted by Crippen LogP contribution is 2.37. The second kappa shape index (κ2) is 10.2. The number of carbonyl (C=O) groups excluding carboxylic acids is 1. The van der Waals surface area contributed by atoms with E-state index in [1.807, 2.05) is 5.38 Å². The minimum atomic E-state index is -1.00. The van der Waals surface area contributed by atoms with Crippen LogP contribution in [0.3, 0.4) is 0 Å². The SMILES string of the molecule is COC(=O)C1=C(CN2CCOCC2C(=O)O)NC(c2nccs2)=NC1c1ccc(Cl)cc1Cl. The molecule has 0 saturated carbocycles. The molecule has 2 aliphatic rings. The molecule has 9 nitrogen and oxygen atoms in total. The predicted octanol–water partition coefficient (Wildman–Crippen LogP) is 2.75. The Kier molecular flexibility index (Phi) is 7.30. The molecule has 2 aliphatic heterocycles. The van der Waals surface area contributed by atoms with E-state index in [1.54, 1.807) is 29.3 Å². The van der Waals surface area contributed by atoms with Crippen LogP contribution in [0.1, 0.15) is 16.6 Å². The van der Waals surface area contributed by atoms with Gasteiger partial charge < -0.3 is 19.9 Å². The van der Waals surface area contributed by atoms with Crippen LogP contribution in [-0.2, 0) is 19.1 Å². The molecule has 1 fully saturated rings. The molecule has 1 aromatic carbocycles.